The molecule has 0 radical (unpaired) electrons. The number of hydrogen-bond acceptors (Lipinski definition) is 2. The Bertz CT molecular complexity index is 1190. The summed E-state index contributed by atoms with van der Waals surface area (Å²) in [6, 6.07) is 14.8. The van der Waals surface area contributed by atoms with Crippen LogP contribution in [0.4, 0.5) is 37.7 Å². The second kappa shape index (κ2) is 6.80. The molecule has 0 bridgehead atoms. The Morgan fingerprint density at radius 3 is 1.13 bits per heavy atom. The predicted molar refractivity (Wildman–Crippen MR) is 110 cm³/mol. The molecule has 160 valence electrons. The van der Waals surface area contributed by atoms with Crippen molar-refractivity contribution in [1.82, 2.24) is 0 Å². The van der Waals surface area contributed by atoms with Crippen LogP contribution >= 0.6 is 0 Å². The van der Waals surface area contributed by atoms with Crippen molar-refractivity contribution < 1.29 is 26.3 Å². The van der Waals surface area contributed by atoms with Crippen LogP contribution in [0.1, 0.15) is 11.1 Å². The average molecular weight is 434 g/mol. The second-order valence-electron chi connectivity index (χ2n) is 7.24. The van der Waals surface area contributed by atoms with Gasteiger partial charge in [-0.3, -0.25) is 0 Å². The van der Waals surface area contributed by atoms with Gasteiger partial charge in [-0.1, -0.05) is 60.7 Å². The van der Waals surface area contributed by atoms with Gasteiger partial charge in [0.15, 0.2) is 0 Å². The van der Waals surface area contributed by atoms with E-state index in [1.165, 1.54) is 48.5 Å². The fraction of sp³-hybridized carbons (Fsp3) is 0.130. The summed E-state index contributed by atoms with van der Waals surface area (Å²) in [4.78, 5) is 0. The molecule has 0 amide bonds. The third-order valence-corrected chi connectivity index (χ3v) is 5.57. The van der Waals surface area contributed by atoms with Crippen LogP contribution in [0, 0.1) is 0 Å². The van der Waals surface area contributed by atoms with Gasteiger partial charge in [0.1, 0.15) is 0 Å². The molecule has 0 saturated carbocycles. The number of rotatable bonds is 2. The molecular formula is C23H16F6N2. The lowest BCUT2D eigenvalue weighted by Crippen LogP contribution is -2.55. The molecule has 0 unspecified atom stereocenters. The van der Waals surface area contributed by atoms with Gasteiger partial charge in [-0.05, 0) is 34.0 Å². The molecular weight excluding hydrogens is 418 g/mol. The number of halogens is 6. The van der Waals surface area contributed by atoms with E-state index in [9.17, 15) is 26.3 Å². The Kier molecular flexibility index (Phi) is 4.57. The van der Waals surface area contributed by atoms with Crippen LogP contribution in [0.2, 0.25) is 0 Å². The standard InChI is InChI=1S/C23H16F6N2/c24-22(25,26)21(23(27,28)29,17-9-1-7-15-13(17)5-3-11-19(15)30)18-10-2-8-16-14(18)6-4-12-20(16)31/h1-12H,30-31H2. The summed E-state index contributed by atoms with van der Waals surface area (Å²) in [6.07, 6.45) is -11.4. The first kappa shape index (κ1) is 20.8. The maximum absolute atomic E-state index is 14.7. The summed E-state index contributed by atoms with van der Waals surface area (Å²) in [5, 5.41) is -0.230. The van der Waals surface area contributed by atoms with E-state index in [2.05, 4.69) is 0 Å². The first-order valence-electron chi connectivity index (χ1n) is 9.19. The molecule has 0 aliphatic carbocycles. The largest absolute Gasteiger partial charge is 0.411 e. The molecule has 4 aromatic rings. The van der Waals surface area contributed by atoms with Gasteiger partial charge in [-0.25, -0.2) is 0 Å². The van der Waals surface area contributed by atoms with Crippen LogP contribution in [0.3, 0.4) is 0 Å². The Morgan fingerprint density at radius 2 is 0.774 bits per heavy atom. The highest BCUT2D eigenvalue weighted by molar-refractivity contribution is 5.99. The molecule has 0 aromatic heterocycles. The monoisotopic (exact) mass is 434 g/mol. The van der Waals surface area contributed by atoms with Crippen LogP contribution in [-0.4, -0.2) is 12.4 Å². The summed E-state index contributed by atoms with van der Waals surface area (Å²) in [5.41, 5.74) is 5.70. The van der Waals surface area contributed by atoms with E-state index in [1.807, 2.05) is 0 Å². The lowest BCUT2D eigenvalue weighted by Gasteiger charge is -2.39. The van der Waals surface area contributed by atoms with Crippen molar-refractivity contribution in [3.8, 4) is 0 Å². The van der Waals surface area contributed by atoms with E-state index in [1.54, 1.807) is 0 Å². The maximum atomic E-state index is 14.7. The molecule has 0 heterocycles. The van der Waals surface area contributed by atoms with Crippen LogP contribution in [0.15, 0.2) is 72.8 Å². The van der Waals surface area contributed by atoms with E-state index in [0.717, 1.165) is 24.3 Å². The third kappa shape index (κ3) is 2.89. The van der Waals surface area contributed by atoms with Gasteiger partial charge in [-0.15, -0.1) is 0 Å². The van der Waals surface area contributed by atoms with E-state index in [4.69, 9.17) is 11.5 Å². The van der Waals surface area contributed by atoms with Gasteiger partial charge in [0.2, 0.25) is 5.41 Å². The van der Waals surface area contributed by atoms with Gasteiger partial charge >= 0.3 is 12.4 Å². The van der Waals surface area contributed by atoms with E-state index >= 15 is 0 Å². The van der Waals surface area contributed by atoms with Crippen molar-refractivity contribution in [3.05, 3.63) is 83.9 Å². The smallest absolute Gasteiger partial charge is 0.398 e. The number of fused-ring (bicyclic) bond motifs is 2. The summed E-state index contributed by atoms with van der Waals surface area (Å²) in [6.45, 7) is 0. The zero-order valence-electron chi connectivity index (χ0n) is 15.9. The molecule has 0 spiro atoms. The number of alkyl halides is 6. The number of nitrogen functional groups attached to an aromatic ring is 2. The Labute approximate surface area is 173 Å². The highest BCUT2D eigenvalue weighted by Crippen LogP contribution is 2.58. The van der Waals surface area contributed by atoms with Crippen LogP contribution in [0.25, 0.3) is 21.5 Å². The molecule has 4 N–H and O–H groups in total. The molecule has 0 aliphatic heterocycles. The van der Waals surface area contributed by atoms with Crippen molar-refractivity contribution in [3.63, 3.8) is 0 Å². The summed E-state index contributed by atoms with van der Waals surface area (Å²) in [7, 11) is 0. The van der Waals surface area contributed by atoms with Crippen molar-refractivity contribution in [1.29, 1.82) is 0 Å². The van der Waals surface area contributed by atoms with Crippen molar-refractivity contribution >= 4 is 32.9 Å². The minimum absolute atomic E-state index is 0.0831. The zero-order valence-corrected chi connectivity index (χ0v) is 15.9. The fourth-order valence-corrected chi connectivity index (χ4v) is 4.24. The lowest BCUT2D eigenvalue weighted by molar-refractivity contribution is -0.287. The average Bonchev–Trinajstić information content (AvgIpc) is 2.68. The van der Waals surface area contributed by atoms with E-state index in [0.29, 0.717) is 0 Å². The number of hydrogen-bond donors (Lipinski definition) is 2. The normalized spacial score (nSPS) is 13.1. The SMILES string of the molecule is Nc1cccc2c(C(c3cccc4c(N)cccc34)(C(F)(F)F)C(F)(F)F)cccc12. The molecule has 4 aromatic carbocycles. The van der Waals surface area contributed by atoms with Gasteiger partial charge in [0, 0.05) is 22.1 Å². The first-order chi connectivity index (χ1) is 14.5. The zero-order chi connectivity index (χ0) is 22.6. The summed E-state index contributed by atoms with van der Waals surface area (Å²) >= 11 is 0. The molecule has 0 atom stereocenters. The van der Waals surface area contributed by atoms with Gasteiger partial charge < -0.3 is 11.5 Å². The van der Waals surface area contributed by atoms with Crippen molar-refractivity contribution in [2.45, 2.75) is 17.8 Å². The molecule has 0 aliphatic rings. The Morgan fingerprint density at radius 1 is 0.452 bits per heavy atom. The van der Waals surface area contributed by atoms with E-state index < -0.39 is 28.9 Å². The predicted octanol–water partition coefficient (Wildman–Crippen LogP) is 6.57. The number of nitrogens with two attached hydrogens (primary N) is 2. The van der Waals surface area contributed by atoms with Gasteiger partial charge in [-0.2, -0.15) is 26.3 Å². The first-order valence-corrected chi connectivity index (χ1v) is 9.19. The molecule has 0 saturated heterocycles. The highest BCUT2D eigenvalue weighted by atomic mass is 19.4. The summed E-state index contributed by atoms with van der Waals surface area (Å²) < 4.78 is 88.3. The number of benzene rings is 4. The Hall–Kier alpha value is -3.42. The molecule has 2 nitrogen and oxygen atoms in total. The third-order valence-electron chi connectivity index (χ3n) is 5.57. The lowest BCUT2D eigenvalue weighted by atomic mass is 9.70. The van der Waals surface area contributed by atoms with Crippen molar-refractivity contribution in [2.24, 2.45) is 0 Å². The topological polar surface area (TPSA) is 52.0 Å². The maximum Gasteiger partial charge on any atom is 0.411 e. The molecule has 8 heteroatoms. The quantitative estimate of drug-likeness (QED) is 0.277. The van der Waals surface area contributed by atoms with Crippen LogP contribution in [0.5, 0.6) is 0 Å². The van der Waals surface area contributed by atoms with E-state index in [-0.39, 0.29) is 32.9 Å². The molecule has 4 rings (SSSR count). The van der Waals surface area contributed by atoms with Crippen LogP contribution in [-0.2, 0) is 5.41 Å². The van der Waals surface area contributed by atoms with Crippen molar-refractivity contribution in [2.75, 3.05) is 11.5 Å². The fourth-order valence-electron chi connectivity index (χ4n) is 4.24. The minimum Gasteiger partial charge on any atom is -0.398 e. The van der Waals surface area contributed by atoms with Gasteiger partial charge in [0.25, 0.3) is 0 Å². The second-order valence-corrected chi connectivity index (χ2v) is 7.24. The molecule has 0 fully saturated rings. The minimum atomic E-state index is -5.72. The summed E-state index contributed by atoms with van der Waals surface area (Å²) in [5.74, 6) is 0. The highest BCUT2D eigenvalue weighted by Gasteiger charge is 2.73. The number of anilines is 2. The molecule has 31 heavy (non-hydrogen) atoms. The Balaban J connectivity index is 2.28. The van der Waals surface area contributed by atoms with Gasteiger partial charge in [0.05, 0.1) is 0 Å². The van der Waals surface area contributed by atoms with Crippen LogP contribution < -0.4 is 11.5 Å².